The Hall–Kier alpha value is -5.12. The number of nitrogens with zero attached hydrogens (tertiary/aromatic N) is 3. The number of pyridine rings is 2. The molecule has 3 N–H and O–H groups in total. The van der Waals surface area contributed by atoms with Gasteiger partial charge in [0.15, 0.2) is 0 Å². The number of nitriles is 1. The van der Waals surface area contributed by atoms with Gasteiger partial charge in [-0.2, -0.15) is 23.4 Å². The lowest BCUT2D eigenvalue weighted by molar-refractivity contribution is -0.115. The van der Waals surface area contributed by atoms with E-state index in [1.54, 1.807) is 12.1 Å². The summed E-state index contributed by atoms with van der Waals surface area (Å²) in [5.41, 5.74) is 0.907. The fourth-order valence-electron chi connectivity index (χ4n) is 5.27. The van der Waals surface area contributed by atoms with E-state index in [0.717, 1.165) is 18.4 Å². The first-order chi connectivity index (χ1) is 21.0. The summed E-state index contributed by atoms with van der Waals surface area (Å²) in [4.78, 5) is 35.1. The van der Waals surface area contributed by atoms with Crippen LogP contribution in [0.15, 0.2) is 47.0 Å². The molecule has 13 heteroatoms. The standard InChI is InChI=1S/C31H29F3N6O4/c1-17-6-8-18(9-7-17)24-23(27(42)36-2)21-13-20(25(39-29(21)44-24)38-16-31(32,33)34)19-12-22(28(43-3)37-14-19)26(41)40-30(15-35)10-4-5-11-30/h6-9,12-14H,4-5,10-11,16H2,1-3H3,(H,36,42)(H,38,39)(H,40,41). The lowest BCUT2D eigenvalue weighted by Crippen LogP contribution is -2.45. The van der Waals surface area contributed by atoms with E-state index in [0.29, 0.717) is 18.4 Å². The number of halogens is 3. The van der Waals surface area contributed by atoms with E-state index >= 15 is 0 Å². The maximum Gasteiger partial charge on any atom is 0.405 e. The lowest BCUT2D eigenvalue weighted by atomic mass is 9.98. The number of carbonyl (C=O) groups is 2. The molecule has 0 aliphatic heterocycles. The van der Waals surface area contributed by atoms with Crippen molar-refractivity contribution in [3.63, 3.8) is 0 Å². The summed E-state index contributed by atoms with van der Waals surface area (Å²) in [6.07, 6.45) is -0.704. The summed E-state index contributed by atoms with van der Waals surface area (Å²) in [6.45, 7) is 0.494. The molecule has 0 radical (unpaired) electrons. The molecule has 0 bridgehead atoms. The van der Waals surface area contributed by atoms with Gasteiger partial charge in [0.25, 0.3) is 11.8 Å². The average Bonchev–Trinajstić information content (AvgIpc) is 3.63. The number of methoxy groups -OCH3 is 1. The summed E-state index contributed by atoms with van der Waals surface area (Å²) in [6, 6.07) is 12.3. The van der Waals surface area contributed by atoms with E-state index in [-0.39, 0.29) is 50.8 Å². The van der Waals surface area contributed by atoms with Gasteiger partial charge in [0, 0.05) is 29.9 Å². The zero-order valence-electron chi connectivity index (χ0n) is 24.2. The number of furan rings is 1. The molecule has 10 nitrogen and oxygen atoms in total. The first-order valence-corrected chi connectivity index (χ1v) is 13.8. The zero-order chi connectivity index (χ0) is 31.6. The van der Waals surface area contributed by atoms with Gasteiger partial charge in [0.1, 0.15) is 29.2 Å². The van der Waals surface area contributed by atoms with Gasteiger partial charge in [-0.1, -0.05) is 29.8 Å². The lowest BCUT2D eigenvalue weighted by Gasteiger charge is -2.22. The topological polar surface area (TPSA) is 142 Å². The van der Waals surface area contributed by atoms with E-state index in [1.807, 2.05) is 19.1 Å². The number of hydrogen-bond acceptors (Lipinski definition) is 8. The van der Waals surface area contributed by atoms with Crippen molar-refractivity contribution < 1.29 is 31.9 Å². The fraction of sp³-hybridized carbons (Fsp3) is 0.323. The van der Waals surface area contributed by atoms with E-state index in [1.165, 1.54) is 32.5 Å². The number of carbonyl (C=O) groups excluding carboxylic acids is 2. The predicted octanol–water partition coefficient (Wildman–Crippen LogP) is 5.77. The second-order valence-electron chi connectivity index (χ2n) is 10.6. The van der Waals surface area contributed by atoms with Crippen molar-refractivity contribution >= 4 is 28.7 Å². The highest BCUT2D eigenvalue weighted by Gasteiger charge is 2.36. The number of hydrogen-bond donors (Lipinski definition) is 3. The van der Waals surface area contributed by atoms with Crippen LogP contribution in [0.4, 0.5) is 19.0 Å². The Morgan fingerprint density at radius 3 is 2.43 bits per heavy atom. The third kappa shape index (κ3) is 6.01. The minimum Gasteiger partial charge on any atom is -0.480 e. The van der Waals surface area contributed by atoms with Crippen LogP contribution in [-0.4, -0.2) is 54.2 Å². The second kappa shape index (κ2) is 11.9. The molecule has 0 atom stereocenters. The molecule has 4 aromatic rings. The van der Waals surface area contributed by atoms with Crippen LogP contribution >= 0.6 is 0 Å². The number of nitrogens with one attached hydrogen (secondary N) is 3. The highest BCUT2D eigenvalue weighted by molar-refractivity contribution is 6.11. The number of amides is 2. The minimum absolute atomic E-state index is 0.0209. The zero-order valence-corrected chi connectivity index (χ0v) is 24.2. The number of fused-ring (bicyclic) bond motifs is 1. The molecular formula is C31H29F3N6O4. The average molecular weight is 607 g/mol. The van der Waals surface area contributed by atoms with Crippen LogP contribution in [0.2, 0.25) is 0 Å². The summed E-state index contributed by atoms with van der Waals surface area (Å²) in [5.74, 6) is -1.15. The highest BCUT2D eigenvalue weighted by atomic mass is 19.4. The molecule has 3 aromatic heterocycles. The van der Waals surface area contributed by atoms with Gasteiger partial charge in [-0.3, -0.25) is 9.59 Å². The van der Waals surface area contributed by atoms with Gasteiger partial charge in [-0.05, 0) is 44.7 Å². The number of benzene rings is 1. The van der Waals surface area contributed by atoms with Crippen molar-refractivity contribution in [3.05, 3.63) is 59.3 Å². The molecule has 44 heavy (non-hydrogen) atoms. The number of alkyl halides is 3. The third-order valence-electron chi connectivity index (χ3n) is 7.53. The summed E-state index contributed by atoms with van der Waals surface area (Å²) in [7, 11) is 2.77. The maximum atomic E-state index is 13.4. The van der Waals surface area contributed by atoms with Crippen molar-refractivity contribution in [2.24, 2.45) is 0 Å². The van der Waals surface area contributed by atoms with Crippen LogP contribution in [0, 0.1) is 18.3 Å². The van der Waals surface area contributed by atoms with Crippen LogP contribution in [-0.2, 0) is 0 Å². The maximum absolute atomic E-state index is 13.4. The fourth-order valence-corrected chi connectivity index (χ4v) is 5.27. The molecule has 2 amide bonds. The van der Waals surface area contributed by atoms with Gasteiger partial charge in [0.05, 0.1) is 24.1 Å². The van der Waals surface area contributed by atoms with Crippen molar-refractivity contribution in [3.8, 4) is 34.4 Å². The molecule has 0 unspecified atom stereocenters. The Kier molecular flexibility index (Phi) is 8.19. The minimum atomic E-state index is -4.58. The molecule has 5 rings (SSSR count). The van der Waals surface area contributed by atoms with Gasteiger partial charge in [0.2, 0.25) is 11.6 Å². The monoisotopic (exact) mass is 606 g/mol. The Balaban J connectivity index is 1.69. The largest absolute Gasteiger partial charge is 0.480 e. The Morgan fingerprint density at radius 2 is 1.82 bits per heavy atom. The third-order valence-corrected chi connectivity index (χ3v) is 7.53. The second-order valence-corrected chi connectivity index (χ2v) is 10.6. The number of rotatable bonds is 8. The quantitative estimate of drug-likeness (QED) is 0.229. The smallest absolute Gasteiger partial charge is 0.405 e. The molecule has 1 aliphatic rings. The number of aromatic nitrogens is 2. The SMILES string of the molecule is CNC(=O)c1c(-c2ccc(C)cc2)oc2nc(NCC(F)(F)F)c(-c3cnc(OC)c(C(=O)NC4(C#N)CCCC4)c3)cc12. The van der Waals surface area contributed by atoms with E-state index in [2.05, 4.69) is 32.0 Å². The molecule has 0 spiro atoms. The molecule has 1 aliphatic carbocycles. The molecule has 228 valence electrons. The number of aryl methyl sites for hydroxylation is 1. The molecule has 1 aromatic carbocycles. The first-order valence-electron chi connectivity index (χ1n) is 13.8. The predicted molar refractivity (Wildman–Crippen MR) is 156 cm³/mol. The molecule has 0 saturated heterocycles. The first kappa shape index (κ1) is 30.3. The van der Waals surface area contributed by atoms with Crippen LogP contribution < -0.4 is 20.7 Å². The van der Waals surface area contributed by atoms with E-state index < -0.39 is 30.1 Å². The Morgan fingerprint density at radius 1 is 1.11 bits per heavy atom. The van der Waals surface area contributed by atoms with E-state index in [9.17, 15) is 28.0 Å². The van der Waals surface area contributed by atoms with Crippen molar-refractivity contribution in [2.45, 2.75) is 44.3 Å². The highest BCUT2D eigenvalue weighted by Crippen LogP contribution is 2.39. The van der Waals surface area contributed by atoms with Gasteiger partial charge >= 0.3 is 6.18 Å². The van der Waals surface area contributed by atoms with Crippen molar-refractivity contribution in [1.29, 1.82) is 5.26 Å². The Bertz CT molecular complexity index is 1770. The van der Waals surface area contributed by atoms with E-state index in [4.69, 9.17) is 9.15 Å². The number of ether oxygens (including phenoxy) is 1. The normalized spacial score (nSPS) is 14.2. The molecular weight excluding hydrogens is 577 g/mol. The van der Waals surface area contributed by atoms with Crippen molar-refractivity contribution in [2.75, 3.05) is 26.0 Å². The molecule has 1 fully saturated rings. The van der Waals surface area contributed by atoms with Gasteiger partial charge in [-0.15, -0.1) is 0 Å². The van der Waals surface area contributed by atoms with Crippen LogP contribution in [0.1, 0.15) is 52.0 Å². The summed E-state index contributed by atoms with van der Waals surface area (Å²) < 4.78 is 51.2. The molecule has 3 heterocycles. The number of anilines is 1. The van der Waals surface area contributed by atoms with Crippen LogP contribution in [0.5, 0.6) is 5.88 Å². The summed E-state index contributed by atoms with van der Waals surface area (Å²) in [5, 5.41) is 17.7. The van der Waals surface area contributed by atoms with Gasteiger partial charge < -0.3 is 25.1 Å². The van der Waals surface area contributed by atoms with Crippen LogP contribution in [0.25, 0.3) is 33.6 Å². The summed E-state index contributed by atoms with van der Waals surface area (Å²) >= 11 is 0. The van der Waals surface area contributed by atoms with Gasteiger partial charge in [-0.25, -0.2) is 4.98 Å². The van der Waals surface area contributed by atoms with Crippen molar-refractivity contribution in [1.82, 2.24) is 20.6 Å². The Labute approximate surface area is 250 Å². The van der Waals surface area contributed by atoms with Crippen LogP contribution in [0.3, 0.4) is 0 Å². The molecule has 1 saturated carbocycles.